The van der Waals surface area contributed by atoms with Crippen LogP contribution in [0, 0.1) is 6.92 Å². The Kier molecular flexibility index (Phi) is 4.97. The number of rotatable bonds is 1. The van der Waals surface area contributed by atoms with E-state index in [0.717, 1.165) is 10.4 Å². The summed E-state index contributed by atoms with van der Waals surface area (Å²) >= 11 is 36.2. The molecule has 2 aromatic heterocycles. The largest absolute Gasteiger partial charge is 0.250 e. The van der Waals surface area contributed by atoms with Gasteiger partial charge in [-0.3, -0.25) is 0 Å². The molecule has 0 aromatic carbocycles. The van der Waals surface area contributed by atoms with E-state index in [9.17, 15) is 0 Å². The third kappa shape index (κ3) is 4.01. The van der Waals surface area contributed by atoms with Crippen LogP contribution in [0.25, 0.3) is 10.7 Å². The van der Waals surface area contributed by atoms with Crippen LogP contribution in [0.4, 0.5) is 0 Å². The summed E-state index contributed by atoms with van der Waals surface area (Å²) in [4.78, 5) is 12.9. The molecule has 2 rings (SSSR count). The van der Waals surface area contributed by atoms with Crippen molar-refractivity contribution in [2.24, 2.45) is 0 Å². The van der Waals surface area contributed by atoms with E-state index in [0.29, 0.717) is 5.82 Å². The van der Waals surface area contributed by atoms with E-state index in [1.165, 1.54) is 11.3 Å². The van der Waals surface area contributed by atoms with Crippen LogP contribution in [0.2, 0.25) is 0 Å². The zero-order valence-electron chi connectivity index (χ0n) is 9.67. The summed E-state index contributed by atoms with van der Waals surface area (Å²) in [5, 5.41) is 1.93. The molecule has 0 saturated heterocycles. The molecule has 0 radical (unpaired) electrons. The lowest BCUT2D eigenvalue weighted by atomic mass is 10.3. The fraction of sp³-hybridized carbons (Fsp3) is 0.300. The zero-order valence-corrected chi connectivity index (χ0v) is 15.0. The van der Waals surface area contributed by atoms with Crippen LogP contribution in [0.5, 0.6) is 0 Å². The Hall–Kier alpha value is 0.450. The van der Waals surface area contributed by atoms with E-state index in [1.807, 2.05) is 18.4 Å². The van der Waals surface area contributed by atoms with Gasteiger partial charge in [-0.05, 0) is 23.9 Å². The van der Waals surface area contributed by atoms with E-state index in [4.69, 9.17) is 69.6 Å². The third-order valence-corrected chi connectivity index (χ3v) is 4.15. The van der Waals surface area contributed by atoms with Crippen molar-refractivity contribution in [2.75, 3.05) is 0 Å². The van der Waals surface area contributed by atoms with Gasteiger partial charge >= 0.3 is 0 Å². The van der Waals surface area contributed by atoms with E-state index in [1.54, 1.807) is 0 Å². The normalized spacial score (nSPS) is 12.8. The third-order valence-electron chi connectivity index (χ3n) is 2.09. The molecule has 0 saturated carbocycles. The minimum atomic E-state index is -1.84. The van der Waals surface area contributed by atoms with Gasteiger partial charge in [-0.1, -0.05) is 69.6 Å². The lowest BCUT2D eigenvalue weighted by Crippen LogP contribution is -2.16. The molecule has 0 spiro atoms. The first-order valence-electron chi connectivity index (χ1n) is 5.03. The number of thiophene rings is 1. The monoisotopic (exact) mass is 409 g/mol. The van der Waals surface area contributed by atoms with Crippen molar-refractivity contribution in [1.29, 1.82) is 0 Å². The van der Waals surface area contributed by atoms with Crippen molar-refractivity contribution in [3.05, 3.63) is 28.7 Å². The molecule has 0 aliphatic rings. The second-order valence-electron chi connectivity index (χ2n) is 3.79. The molecular formula is C10H5Cl6N3S. The molecule has 0 N–H and O–H groups in total. The molecule has 0 unspecified atom stereocenters. The van der Waals surface area contributed by atoms with Gasteiger partial charge in [-0.25, -0.2) is 15.0 Å². The summed E-state index contributed by atoms with van der Waals surface area (Å²) in [6.45, 7) is 1.94. The number of aryl methyl sites for hydroxylation is 1. The van der Waals surface area contributed by atoms with Crippen LogP contribution in [0.3, 0.4) is 0 Å². The smallest absolute Gasteiger partial charge is 0.209 e. The number of aromatic nitrogens is 3. The molecular weight excluding hydrogens is 407 g/mol. The highest BCUT2D eigenvalue weighted by molar-refractivity contribution is 7.13. The number of hydrogen-bond acceptors (Lipinski definition) is 4. The number of halogens is 6. The summed E-state index contributed by atoms with van der Waals surface area (Å²) in [6.07, 6.45) is 0. The number of alkyl halides is 6. The molecule has 0 fully saturated rings. The number of nitrogens with zero attached hydrogens (tertiary/aromatic N) is 3. The van der Waals surface area contributed by atoms with Crippen molar-refractivity contribution in [2.45, 2.75) is 14.5 Å². The van der Waals surface area contributed by atoms with Gasteiger partial charge in [0, 0.05) is 0 Å². The van der Waals surface area contributed by atoms with Crippen LogP contribution in [-0.4, -0.2) is 15.0 Å². The van der Waals surface area contributed by atoms with Gasteiger partial charge < -0.3 is 0 Å². The Morgan fingerprint density at radius 2 is 1.40 bits per heavy atom. The van der Waals surface area contributed by atoms with Crippen LogP contribution in [-0.2, 0) is 7.59 Å². The molecule has 2 heterocycles. The van der Waals surface area contributed by atoms with E-state index in [2.05, 4.69) is 15.0 Å². The van der Waals surface area contributed by atoms with Gasteiger partial charge in [0.25, 0.3) is 0 Å². The lowest BCUT2D eigenvalue weighted by molar-refractivity contribution is 0.853. The average molecular weight is 412 g/mol. The highest BCUT2D eigenvalue weighted by atomic mass is 35.6. The summed E-state index contributed by atoms with van der Waals surface area (Å²) in [5.74, 6) is 0.0977. The fourth-order valence-corrected chi connectivity index (χ4v) is 2.63. The maximum atomic E-state index is 5.80. The highest BCUT2D eigenvalue weighted by Gasteiger charge is 2.34. The molecule has 0 atom stereocenters. The molecule has 3 nitrogen and oxygen atoms in total. The molecule has 2 aromatic rings. The maximum absolute atomic E-state index is 5.80. The molecule has 0 bridgehead atoms. The zero-order chi connectivity index (χ0) is 15.1. The second kappa shape index (κ2) is 5.92. The van der Waals surface area contributed by atoms with E-state index >= 15 is 0 Å². The average Bonchev–Trinajstić information content (AvgIpc) is 2.73. The Morgan fingerprint density at radius 3 is 1.75 bits per heavy atom. The van der Waals surface area contributed by atoms with Crippen LogP contribution in [0.15, 0.2) is 11.4 Å². The van der Waals surface area contributed by atoms with Crippen LogP contribution < -0.4 is 0 Å². The standard InChI is InChI=1S/C10H5Cl6N3S/c1-4-2-5(20-3-4)6-17-7(9(11,12)13)19-8(18-6)10(14,15)16/h2-3H,1H3. The SMILES string of the molecule is Cc1csc(-c2nc(C(Cl)(Cl)Cl)nc(C(Cl)(Cl)Cl)n2)c1. The Balaban J connectivity index is 2.63. The first-order chi connectivity index (χ1) is 9.07. The Morgan fingerprint density at radius 1 is 0.900 bits per heavy atom. The summed E-state index contributed by atoms with van der Waals surface area (Å²) in [5.41, 5.74) is 1.05. The lowest BCUT2D eigenvalue weighted by Gasteiger charge is -2.15. The van der Waals surface area contributed by atoms with Crippen molar-refractivity contribution < 1.29 is 0 Å². The minimum Gasteiger partial charge on any atom is -0.209 e. The van der Waals surface area contributed by atoms with Crippen molar-refractivity contribution in [3.8, 4) is 10.7 Å². The molecule has 108 valence electrons. The summed E-state index contributed by atoms with van der Waals surface area (Å²) < 4.78 is -3.68. The number of hydrogen-bond donors (Lipinski definition) is 0. The molecule has 0 aliphatic heterocycles. The topological polar surface area (TPSA) is 38.7 Å². The predicted molar refractivity (Wildman–Crippen MR) is 86.4 cm³/mol. The predicted octanol–water partition coefficient (Wildman–Crippen LogP) is 5.56. The summed E-state index contributed by atoms with van der Waals surface area (Å²) in [6, 6.07) is 1.88. The van der Waals surface area contributed by atoms with Gasteiger partial charge in [-0.2, -0.15) is 0 Å². The second-order valence-corrected chi connectivity index (χ2v) is 9.26. The fourth-order valence-electron chi connectivity index (χ4n) is 1.29. The van der Waals surface area contributed by atoms with Gasteiger partial charge in [-0.15, -0.1) is 11.3 Å². The highest BCUT2D eigenvalue weighted by Crippen LogP contribution is 2.41. The van der Waals surface area contributed by atoms with Gasteiger partial charge in [0.05, 0.1) is 4.88 Å². The van der Waals surface area contributed by atoms with Gasteiger partial charge in [0.15, 0.2) is 17.5 Å². The molecule has 0 aliphatic carbocycles. The van der Waals surface area contributed by atoms with Gasteiger partial charge in [0.2, 0.25) is 7.59 Å². The first kappa shape index (κ1) is 16.8. The molecule has 10 heteroatoms. The quantitative estimate of drug-likeness (QED) is 0.576. The first-order valence-corrected chi connectivity index (χ1v) is 8.18. The van der Waals surface area contributed by atoms with Crippen molar-refractivity contribution >= 4 is 80.9 Å². The molecule has 0 amide bonds. The summed E-state index contributed by atoms with van der Waals surface area (Å²) in [7, 11) is 0. The van der Waals surface area contributed by atoms with Gasteiger partial charge in [0.1, 0.15) is 0 Å². The minimum absolute atomic E-state index is 0.0973. The van der Waals surface area contributed by atoms with Crippen LogP contribution >= 0.6 is 80.9 Å². The van der Waals surface area contributed by atoms with Crippen molar-refractivity contribution in [3.63, 3.8) is 0 Å². The Bertz CT molecular complexity index is 598. The van der Waals surface area contributed by atoms with E-state index < -0.39 is 7.59 Å². The molecule has 20 heavy (non-hydrogen) atoms. The van der Waals surface area contributed by atoms with E-state index in [-0.39, 0.29) is 11.6 Å². The Labute approximate surface area is 149 Å². The maximum Gasteiger partial charge on any atom is 0.250 e. The van der Waals surface area contributed by atoms with Crippen LogP contribution in [0.1, 0.15) is 17.2 Å². The van der Waals surface area contributed by atoms with Crippen molar-refractivity contribution in [1.82, 2.24) is 15.0 Å².